The van der Waals surface area contributed by atoms with Gasteiger partial charge in [0, 0.05) is 64.7 Å². The molecule has 1 saturated heterocycles. The van der Waals surface area contributed by atoms with Crippen LogP contribution in [-0.2, 0) is 38.1 Å². The summed E-state index contributed by atoms with van der Waals surface area (Å²) in [6, 6.07) is 0. The minimum absolute atomic E-state index is 0.366. The van der Waals surface area contributed by atoms with Crippen molar-refractivity contribution in [3.05, 3.63) is 12.7 Å². The first-order valence-corrected chi connectivity index (χ1v) is 34.2. The van der Waals surface area contributed by atoms with Crippen LogP contribution in [0.3, 0.4) is 0 Å². The van der Waals surface area contributed by atoms with Crippen molar-refractivity contribution >= 4 is 23.8 Å². The lowest BCUT2D eigenvalue weighted by Gasteiger charge is -2.43. The Bertz CT molecular complexity index is 4200. The quantitative estimate of drug-likeness (QED) is 0.0342. The van der Waals surface area contributed by atoms with Gasteiger partial charge in [0.15, 0.2) is 18.5 Å². The fourth-order valence-corrected chi connectivity index (χ4v) is 10.4. The van der Waals surface area contributed by atoms with E-state index in [0.717, 1.165) is 0 Å². The molecule has 1 rings (SSSR count). The van der Waals surface area contributed by atoms with Gasteiger partial charge in [-0.2, -0.15) is 299 Å². The minimum atomic E-state index is -9.52. The van der Waals surface area contributed by atoms with E-state index < -0.39 is 358 Å². The van der Waals surface area contributed by atoms with Crippen LogP contribution in [0, 0.1) is 0 Å². The van der Waals surface area contributed by atoms with Crippen molar-refractivity contribution in [1.29, 1.82) is 0 Å². The molecule has 12 nitrogen and oxygen atoms in total. The molecule has 1 aliphatic heterocycles. The predicted octanol–water partition coefficient (Wildman–Crippen LogP) is 22.7. The average molecular weight is 2230 g/mol. The Morgan fingerprint density at radius 2 is 0.453 bits per heavy atom. The molecular formula is C59H42F68N2O10. The number of nitrogens with zero attached hydrogens (tertiary/aromatic N) is 2. The molecule has 0 aliphatic carbocycles. The van der Waals surface area contributed by atoms with Gasteiger partial charge in [-0.3, -0.25) is 19.2 Å². The van der Waals surface area contributed by atoms with E-state index in [1.807, 2.05) is 0 Å². The number of amides is 2. The summed E-state index contributed by atoms with van der Waals surface area (Å²) in [5, 5.41) is 20.8. The van der Waals surface area contributed by atoms with Gasteiger partial charge >= 0.3 is 202 Å². The van der Waals surface area contributed by atoms with Crippen LogP contribution in [0.15, 0.2) is 12.7 Å². The van der Waals surface area contributed by atoms with Gasteiger partial charge in [0.2, 0.25) is 11.8 Å². The van der Waals surface area contributed by atoms with Crippen LogP contribution < -0.4 is 0 Å². The summed E-state index contributed by atoms with van der Waals surface area (Å²) < 4.78 is 972. The summed E-state index contributed by atoms with van der Waals surface area (Å²) in [5.41, 5.74) is 0. The van der Waals surface area contributed by atoms with Crippen molar-refractivity contribution in [3.8, 4) is 0 Å². The number of halogens is 68. The highest BCUT2D eigenvalue weighted by atomic mass is 19.5. The average Bonchev–Trinajstić information content (AvgIpc) is 0.706. The second-order valence-electron chi connectivity index (χ2n) is 28.3. The zero-order valence-electron chi connectivity index (χ0n) is 64.2. The molecule has 139 heavy (non-hydrogen) atoms. The number of hydrogen-bond donors (Lipinski definition) is 2. The Kier molecular flexibility index (Phi) is 36.0. The lowest BCUT2D eigenvalue weighted by molar-refractivity contribution is -0.461. The number of esters is 2. The number of aliphatic hydroxyl groups excluding tert-OH is 2. The number of hydrogen-bond acceptors (Lipinski definition) is 10. The summed E-state index contributed by atoms with van der Waals surface area (Å²) in [7, 11) is 0. The Morgan fingerprint density at radius 3 is 0.647 bits per heavy atom. The SMILES string of the molecule is C=CCO[C@@H]1O[C@H](CO)[C@H](O)[C@H](OC(=O)CCN(CCCC(F)(F)C(F)(F)C(F)(F)C(F)(F)C(F)(F)C(F)(F)C(F)(F)C(F)(F)F)C(=O)CCC(F)(F)C(F)(F)C(F)(F)C(F)(F)C(F)(F)C(F)(F)C(F)(F)C(F)(F)F)[C@H]1OC(=O)CCN(CCCC(F)(F)C(F)(F)C(F)(F)C(F)(F)C(F)(F)C(F)(F)C(F)(F)C(F)(F)F)C(=O)CCC(F)(F)C(F)(F)C(F)(F)C(F)(F)C(F)(F)C(F)(F)C(F)(F)C(F)(F)F. The molecular weight excluding hydrogens is 2190 g/mol. The van der Waals surface area contributed by atoms with Crippen molar-refractivity contribution in [2.75, 3.05) is 39.4 Å². The smallest absolute Gasteiger partial charge is 0.455 e. The van der Waals surface area contributed by atoms with Crippen molar-refractivity contribution in [2.24, 2.45) is 0 Å². The van der Waals surface area contributed by atoms with E-state index in [9.17, 15) is 293 Å². The molecule has 5 atom stereocenters. The van der Waals surface area contributed by atoms with Gasteiger partial charge < -0.3 is 39.0 Å². The van der Waals surface area contributed by atoms with E-state index in [0.29, 0.717) is 6.08 Å². The predicted molar refractivity (Wildman–Crippen MR) is 300 cm³/mol. The lowest BCUT2D eigenvalue weighted by atomic mass is 9.88. The third-order valence-corrected chi connectivity index (χ3v) is 18.9. The van der Waals surface area contributed by atoms with Crippen LogP contribution >= 0.6 is 0 Å². The third kappa shape index (κ3) is 20.8. The highest BCUT2D eigenvalue weighted by Crippen LogP contribution is 2.71. The zero-order chi connectivity index (χ0) is 112. The molecule has 1 fully saturated rings. The largest absolute Gasteiger partial charge is 0.460 e. The number of rotatable bonds is 50. The van der Waals surface area contributed by atoms with Crippen molar-refractivity contribution in [1.82, 2.24) is 9.80 Å². The van der Waals surface area contributed by atoms with Crippen LogP contribution in [0.1, 0.15) is 64.2 Å². The van der Waals surface area contributed by atoms with Crippen LogP contribution in [-0.4, -0.2) is 304 Å². The first-order valence-electron chi connectivity index (χ1n) is 34.2. The van der Waals surface area contributed by atoms with E-state index in [2.05, 4.69) is 16.1 Å². The fourth-order valence-electron chi connectivity index (χ4n) is 10.4. The number of carbonyl (C=O) groups is 4. The van der Waals surface area contributed by atoms with Crippen molar-refractivity contribution in [3.63, 3.8) is 0 Å². The van der Waals surface area contributed by atoms with Gasteiger partial charge in [0.05, 0.1) is 26.1 Å². The minimum Gasteiger partial charge on any atom is -0.455 e. The Morgan fingerprint density at radius 1 is 0.266 bits per heavy atom. The van der Waals surface area contributed by atoms with E-state index in [1.165, 1.54) is 0 Å². The van der Waals surface area contributed by atoms with Crippen LogP contribution in [0.4, 0.5) is 299 Å². The maximum absolute atomic E-state index is 15.1. The molecule has 1 aliphatic rings. The van der Waals surface area contributed by atoms with Crippen LogP contribution in [0.25, 0.3) is 0 Å². The van der Waals surface area contributed by atoms with E-state index in [1.54, 1.807) is 0 Å². The van der Waals surface area contributed by atoms with Gasteiger partial charge in [-0.15, -0.1) is 6.58 Å². The maximum atomic E-state index is 15.1. The molecule has 0 radical (unpaired) electrons. The third-order valence-electron chi connectivity index (χ3n) is 18.9. The van der Waals surface area contributed by atoms with Gasteiger partial charge in [-0.25, -0.2) is 0 Å². The van der Waals surface area contributed by atoms with E-state index in [-0.39, 0.29) is 0 Å². The molecule has 2 N–H and O–H groups in total. The number of ether oxygens (including phenoxy) is 4. The molecule has 0 aromatic carbocycles. The molecule has 2 amide bonds. The highest BCUT2D eigenvalue weighted by Gasteiger charge is 3.01. The summed E-state index contributed by atoms with van der Waals surface area (Å²) >= 11 is 0. The van der Waals surface area contributed by atoms with Gasteiger partial charge in [0.1, 0.15) is 12.2 Å². The topological polar surface area (TPSA) is 152 Å². The Hall–Kier alpha value is -7.30. The molecule has 0 aromatic heterocycles. The number of alkyl halides is 68. The molecule has 0 unspecified atom stereocenters. The van der Waals surface area contributed by atoms with E-state index >= 15 is 35.1 Å². The molecule has 824 valence electrons. The van der Waals surface area contributed by atoms with Crippen LogP contribution in [0.2, 0.25) is 0 Å². The second-order valence-corrected chi connectivity index (χ2v) is 28.3. The van der Waals surface area contributed by atoms with Gasteiger partial charge in [0.25, 0.3) is 0 Å². The highest BCUT2D eigenvalue weighted by molar-refractivity contribution is 5.78. The normalized spacial score (nSPS) is 19.1. The first kappa shape index (κ1) is 130. The molecule has 80 heteroatoms. The van der Waals surface area contributed by atoms with Gasteiger partial charge in [-0.1, -0.05) is 6.08 Å². The van der Waals surface area contributed by atoms with Crippen molar-refractivity contribution < 1.29 is 347 Å². The molecule has 0 aromatic rings. The lowest BCUT2D eigenvalue weighted by Crippen LogP contribution is -2.74. The van der Waals surface area contributed by atoms with E-state index in [4.69, 9.17) is 9.47 Å². The zero-order valence-corrected chi connectivity index (χ0v) is 64.2. The first-order chi connectivity index (χ1) is 60.2. The molecule has 0 bridgehead atoms. The maximum Gasteiger partial charge on any atom is 0.460 e. The summed E-state index contributed by atoms with van der Waals surface area (Å²) in [4.78, 5) is 51.0. The summed E-state index contributed by atoms with van der Waals surface area (Å²) in [5.74, 6) is -265. The standard InChI is InChI=1S/C59H42F68N2O10/c1-2-17-136-27-26(139-23(134)8-16-129(14-4-10-29(62,63)33(70,71)37(78,79)41(86,87)45(94,95)49(102,103)53(110,111)57(119,120)121)21(132)6-12-31(66,67)35(74,75)39(82,83)43(90,91)47(98,99)51(106,107)55(114,115)59(125,126)127)25(24(135)19(18-130)137-27)138-22(133)7-15-128(13-3-9-28(60,61)32(68,69)36(76,77)40(84,85)44(92,93)48(100,101)52(108,109)56(116,117)118)20(131)5-11-30(64,65)34(72,73)38(80,81)42(88,89)46(96,97)50(104,105)54(112,113)58(122,123)124/h2,19,24-27,130,135H,1,3-18H2/t19-,24+,25+,26-,27-/m1/s1. The van der Waals surface area contributed by atoms with Crippen molar-refractivity contribution in [2.45, 2.75) is 285 Å². The molecule has 0 saturated carbocycles. The Labute approximate surface area is 718 Å². The summed E-state index contributed by atoms with van der Waals surface area (Å²) in [6.07, 6.45) is -83.6. The molecule has 0 spiro atoms. The molecule has 1 heterocycles. The van der Waals surface area contributed by atoms with Gasteiger partial charge in [-0.05, 0) is 12.8 Å². The fraction of sp³-hybridized carbons (Fsp3) is 0.898. The Balaban J connectivity index is 4.49. The second kappa shape index (κ2) is 38.6. The summed E-state index contributed by atoms with van der Waals surface area (Å²) in [6.45, 7) is -11.4. The van der Waals surface area contributed by atoms with Crippen LogP contribution in [0.5, 0.6) is 0 Å². The number of aliphatic hydroxyl groups is 2. The number of carbonyl (C=O) groups excluding carboxylic acids is 4. The monoisotopic (exact) mass is 2230 g/mol.